The van der Waals surface area contributed by atoms with Gasteiger partial charge in [-0.2, -0.15) is 0 Å². The summed E-state index contributed by atoms with van der Waals surface area (Å²) in [7, 11) is 1.69. The molecule has 0 bridgehead atoms. The number of aryl methyl sites for hydroxylation is 1. The Hall–Kier alpha value is -0.900. The Labute approximate surface area is 85.2 Å². The topological polar surface area (TPSA) is 47.3 Å². The van der Waals surface area contributed by atoms with E-state index in [0.717, 1.165) is 0 Å². The average Bonchev–Trinajstić information content (AvgIpc) is 2.21. The first-order chi connectivity index (χ1) is 6.70. The zero-order valence-electron chi connectivity index (χ0n) is 8.95. The van der Waals surface area contributed by atoms with Crippen molar-refractivity contribution in [1.82, 2.24) is 5.43 Å². The quantitative estimate of drug-likeness (QED) is 0.564. The molecule has 0 amide bonds. The lowest BCUT2D eigenvalue weighted by Crippen LogP contribution is -2.36. The summed E-state index contributed by atoms with van der Waals surface area (Å²) in [5.74, 6) is 5.52. The minimum Gasteiger partial charge on any atom is -0.380 e. The first-order valence-corrected chi connectivity index (χ1v) is 4.75. The smallest absolute Gasteiger partial charge is 0.0750 e. The molecule has 0 fully saturated rings. The standard InChI is InChI=1S/C11H18N2O/c1-8-6-4-5-7-10(8)11(13-12)9(2)14-3/h4-7,9,11,13H,12H2,1-3H3. The molecule has 3 N–H and O–H groups in total. The summed E-state index contributed by atoms with van der Waals surface area (Å²) in [6.07, 6.45) is 0.0566. The Bertz CT molecular complexity index is 288. The third kappa shape index (κ3) is 2.32. The van der Waals surface area contributed by atoms with E-state index in [1.54, 1.807) is 7.11 Å². The zero-order valence-corrected chi connectivity index (χ0v) is 8.95. The number of hydrazine groups is 1. The molecule has 0 radical (unpaired) electrons. The average molecular weight is 194 g/mol. The fraction of sp³-hybridized carbons (Fsp3) is 0.455. The summed E-state index contributed by atoms with van der Waals surface area (Å²) >= 11 is 0. The maximum absolute atomic E-state index is 5.52. The molecule has 0 saturated heterocycles. The van der Waals surface area contributed by atoms with E-state index in [-0.39, 0.29) is 12.1 Å². The molecule has 0 aliphatic carbocycles. The van der Waals surface area contributed by atoms with Gasteiger partial charge in [0.05, 0.1) is 12.1 Å². The molecule has 0 heterocycles. The van der Waals surface area contributed by atoms with Crippen molar-refractivity contribution in [3.05, 3.63) is 35.4 Å². The highest BCUT2D eigenvalue weighted by molar-refractivity contribution is 5.29. The molecule has 0 aliphatic heterocycles. The fourth-order valence-corrected chi connectivity index (χ4v) is 1.55. The van der Waals surface area contributed by atoms with Crippen LogP contribution in [0.4, 0.5) is 0 Å². The largest absolute Gasteiger partial charge is 0.380 e. The predicted octanol–water partition coefficient (Wildman–Crippen LogP) is 1.53. The van der Waals surface area contributed by atoms with E-state index in [1.807, 2.05) is 19.1 Å². The third-order valence-electron chi connectivity index (χ3n) is 2.54. The van der Waals surface area contributed by atoms with Crippen molar-refractivity contribution in [3.8, 4) is 0 Å². The van der Waals surface area contributed by atoms with Crippen LogP contribution in [0.2, 0.25) is 0 Å². The highest BCUT2D eigenvalue weighted by Crippen LogP contribution is 2.21. The molecule has 0 saturated carbocycles. The summed E-state index contributed by atoms with van der Waals surface area (Å²) in [5, 5.41) is 0. The molecule has 1 rings (SSSR count). The second kappa shape index (κ2) is 5.10. The fourth-order valence-electron chi connectivity index (χ4n) is 1.55. The van der Waals surface area contributed by atoms with Crippen molar-refractivity contribution in [2.24, 2.45) is 5.84 Å². The van der Waals surface area contributed by atoms with Crippen molar-refractivity contribution in [2.75, 3.05) is 7.11 Å². The van der Waals surface area contributed by atoms with Crippen LogP contribution in [0.15, 0.2) is 24.3 Å². The van der Waals surface area contributed by atoms with Crippen LogP contribution in [0.25, 0.3) is 0 Å². The van der Waals surface area contributed by atoms with E-state index >= 15 is 0 Å². The van der Waals surface area contributed by atoms with E-state index in [0.29, 0.717) is 0 Å². The van der Waals surface area contributed by atoms with Gasteiger partial charge in [0, 0.05) is 7.11 Å². The number of ether oxygens (including phenoxy) is 1. The van der Waals surface area contributed by atoms with Crippen LogP contribution in [0.3, 0.4) is 0 Å². The van der Waals surface area contributed by atoms with Gasteiger partial charge in [0.25, 0.3) is 0 Å². The monoisotopic (exact) mass is 194 g/mol. The Morgan fingerprint density at radius 1 is 1.36 bits per heavy atom. The number of hydrogen-bond donors (Lipinski definition) is 2. The highest BCUT2D eigenvalue weighted by atomic mass is 16.5. The Morgan fingerprint density at radius 3 is 2.50 bits per heavy atom. The van der Waals surface area contributed by atoms with Crippen molar-refractivity contribution < 1.29 is 4.74 Å². The summed E-state index contributed by atoms with van der Waals surface area (Å²) in [6, 6.07) is 8.21. The van der Waals surface area contributed by atoms with Crippen LogP contribution in [-0.4, -0.2) is 13.2 Å². The SMILES string of the molecule is COC(C)C(NN)c1ccccc1C. The Kier molecular flexibility index (Phi) is 4.07. The molecular formula is C11H18N2O. The minimum absolute atomic E-state index is 0.0428. The lowest BCUT2D eigenvalue weighted by molar-refractivity contribution is 0.0829. The molecule has 0 aliphatic rings. The molecule has 78 valence electrons. The molecule has 1 aromatic rings. The summed E-state index contributed by atoms with van der Waals surface area (Å²) in [5.41, 5.74) is 5.19. The lowest BCUT2D eigenvalue weighted by Gasteiger charge is -2.23. The van der Waals surface area contributed by atoms with Gasteiger partial charge in [0.15, 0.2) is 0 Å². The van der Waals surface area contributed by atoms with Gasteiger partial charge in [-0.1, -0.05) is 24.3 Å². The van der Waals surface area contributed by atoms with Crippen LogP contribution in [0, 0.1) is 6.92 Å². The maximum atomic E-state index is 5.52. The number of nitrogens with one attached hydrogen (secondary N) is 1. The van der Waals surface area contributed by atoms with Crippen molar-refractivity contribution >= 4 is 0 Å². The molecule has 0 spiro atoms. The lowest BCUT2D eigenvalue weighted by atomic mass is 9.98. The molecule has 2 unspecified atom stereocenters. The Balaban J connectivity index is 2.94. The van der Waals surface area contributed by atoms with Gasteiger partial charge in [-0.15, -0.1) is 0 Å². The molecular weight excluding hydrogens is 176 g/mol. The first-order valence-electron chi connectivity index (χ1n) is 4.75. The highest BCUT2D eigenvalue weighted by Gasteiger charge is 2.18. The molecule has 1 aromatic carbocycles. The molecule has 2 atom stereocenters. The zero-order chi connectivity index (χ0) is 10.6. The van der Waals surface area contributed by atoms with Crippen LogP contribution >= 0.6 is 0 Å². The second-order valence-electron chi connectivity index (χ2n) is 3.44. The van der Waals surface area contributed by atoms with Gasteiger partial charge in [0.2, 0.25) is 0 Å². The minimum atomic E-state index is 0.0428. The third-order valence-corrected chi connectivity index (χ3v) is 2.54. The van der Waals surface area contributed by atoms with Gasteiger partial charge < -0.3 is 4.74 Å². The van der Waals surface area contributed by atoms with E-state index in [2.05, 4.69) is 24.5 Å². The van der Waals surface area contributed by atoms with Crippen molar-refractivity contribution in [2.45, 2.75) is 26.0 Å². The van der Waals surface area contributed by atoms with Gasteiger partial charge in [-0.05, 0) is 25.0 Å². The molecule has 0 aromatic heterocycles. The van der Waals surface area contributed by atoms with Crippen LogP contribution in [0.1, 0.15) is 24.1 Å². The number of nitrogens with two attached hydrogens (primary N) is 1. The first kappa shape index (κ1) is 11.2. The van der Waals surface area contributed by atoms with Crippen molar-refractivity contribution in [1.29, 1.82) is 0 Å². The predicted molar refractivity (Wildman–Crippen MR) is 57.7 cm³/mol. The van der Waals surface area contributed by atoms with Gasteiger partial charge in [0.1, 0.15) is 0 Å². The second-order valence-corrected chi connectivity index (χ2v) is 3.44. The van der Waals surface area contributed by atoms with Gasteiger partial charge in [-0.25, -0.2) is 0 Å². The van der Waals surface area contributed by atoms with Gasteiger partial charge >= 0.3 is 0 Å². The van der Waals surface area contributed by atoms with E-state index < -0.39 is 0 Å². The van der Waals surface area contributed by atoms with Crippen LogP contribution in [0.5, 0.6) is 0 Å². The molecule has 3 heteroatoms. The van der Waals surface area contributed by atoms with E-state index in [4.69, 9.17) is 10.6 Å². The summed E-state index contributed by atoms with van der Waals surface area (Å²) in [4.78, 5) is 0. The normalized spacial score (nSPS) is 15.1. The molecule has 14 heavy (non-hydrogen) atoms. The van der Waals surface area contributed by atoms with Crippen LogP contribution in [-0.2, 0) is 4.74 Å². The van der Waals surface area contributed by atoms with Crippen LogP contribution < -0.4 is 11.3 Å². The van der Waals surface area contributed by atoms with E-state index in [1.165, 1.54) is 11.1 Å². The van der Waals surface area contributed by atoms with E-state index in [9.17, 15) is 0 Å². The van der Waals surface area contributed by atoms with Gasteiger partial charge in [-0.3, -0.25) is 11.3 Å². The van der Waals surface area contributed by atoms with Crippen molar-refractivity contribution in [3.63, 3.8) is 0 Å². The number of hydrogen-bond acceptors (Lipinski definition) is 3. The Morgan fingerprint density at radius 2 is 2.00 bits per heavy atom. The summed E-state index contributed by atoms with van der Waals surface area (Å²) in [6.45, 7) is 4.07. The number of rotatable bonds is 4. The maximum Gasteiger partial charge on any atom is 0.0750 e. The summed E-state index contributed by atoms with van der Waals surface area (Å²) < 4.78 is 5.27. The molecule has 3 nitrogen and oxygen atoms in total. The number of benzene rings is 1. The number of methoxy groups -OCH3 is 1.